The predicted octanol–water partition coefficient (Wildman–Crippen LogP) is 4.91. The molecule has 0 aliphatic heterocycles. The maximum absolute atomic E-state index is 2.40. The van der Waals surface area contributed by atoms with Crippen molar-refractivity contribution in [2.45, 2.75) is 47.0 Å². The molecule has 0 spiro atoms. The fourth-order valence-electron chi connectivity index (χ4n) is 3.07. The Morgan fingerprint density at radius 3 is 2.64 bits per heavy atom. The minimum atomic E-state index is 0.640. The van der Waals surface area contributed by atoms with E-state index in [4.69, 9.17) is 0 Å². The van der Waals surface area contributed by atoms with Gasteiger partial charge in [-0.25, -0.2) is 0 Å². The van der Waals surface area contributed by atoms with Crippen molar-refractivity contribution in [1.82, 2.24) is 0 Å². The minimum absolute atomic E-state index is 0.640. The fraction of sp³-hybridized carbons (Fsp3) is 0.364. The maximum atomic E-state index is 2.40. The minimum Gasteiger partial charge on any atom is -0.0916 e. The number of allylic oxidation sites excluding steroid dienone is 6. The average Bonchev–Trinajstić information content (AvgIpc) is 2.57. The van der Waals surface area contributed by atoms with Gasteiger partial charge in [0.2, 0.25) is 0 Å². The van der Waals surface area contributed by atoms with Gasteiger partial charge in [-0.1, -0.05) is 71.4 Å². The SMILES string of the molecule is CC=CCC1CC=c2ccccc2=C1C/C=C(C)\C(C)=C/C. The highest BCUT2D eigenvalue weighted by atomic mass is 14.2. The number of hydrogen-bond acceptors (Lipinski definition) is 0. The summed E-state index contributed by atoms with van der Waals surface area (Å²) in [5.41, 5.74) is 4.37. The molecular formula is C22H28. The molecule has 0 heteroatoms. The van der Waals surface area contributed by atoms with Crippen molar-refractivity contribution in [2.24, 2.45) is 5.92 Å². The lowest BCUT2D eigenvalue weighted by Crippen LogP contribution is -2.32. The second-order valence-corrected chi connectivity index (χ2v) is 6.12. The standard InChI is InChI=1S/C22H28/c1-5-7-10-19-14-15-20-11-8-9-12-21(20)22(19)16-13-18(4)17(3)6-2/h5-9,11-13,15,19H,10,14,16H2,1-4H3/b7-5?,17-6-,18-13-. The van der Waals surface area contributed by atoms with Crippen LogP contribution in [0.1, 0.15) is 47.0 Å². The molecule has 1 atom stereocenters. The van der Waals surface area contributed by atoms with Crippen molar-refractivity contribution in [3.63, 3.8) is 0 Å². The molecule has 0 saturated carbocycles. The molecule has 1 unspecified atom stereocenters. The van der Waals surface area contributed by atoms with Crippen LogP contribution in [0.4, 0.5) is 0 Å². The highest BCUT2D eigenvalue weighted by Gasteiger charge is 2.15. The monoisotopic (exact) mass is 292 g/mol. The van der Waals surface area contributed by atoms with E-state index in [1.54, 1.807) is 5.57 Å². The molecule has 1 aliphatic carbocycles. The van der Waals surface area contributed by atoms with E-state index in [1.807, 2.05) is 0 Å². The largest absolute Gasteiger partial charge is 0.0916 e. The predicted molar refractivity (Wildman–Crippen MR) is 98.9 cm³/mol. The van der Waals surface area contributed by atoms with Gasteiger partial charge in [-0.15, -0.1) is 0 Å². The van der Waals surface area contributed by atoms with Gasteiger partial charge in [-0.3, -0.25) is 0 Å². The van der Waals surface area contributed by atoms with Gasteiger partial charge in [-0.2, -0.15) is 0 Å². The molecule has 0 saturated heterocycles. The highest BCUT2D eigenvalue weighted by molar-refractivity contribution is 5.56. The first-order chi connectivity index (χ1) is 10.7. The van der Waals surface area contributed by atoms with E-state index in [1.165, 1.54) is 21.6 Å². The van der Waals surface area contributed by atoms with Crippen LogP contribution >= 0.6 is 0 Å². The van der Waals surface area contributed by atoms with Crippen LogP contribution in [-0.2, 0) is 0 Å². The third kappa shape index (κ3) is 3.88. The molecule has 0 fully saturated rings. The first kappa shape index (κ1) is 16.5. The summed E-state index contributed by atoms with van der Waals surface area (Å²) in [4.78, 5) is 0. The summed E-state index contributed by atoms with van der Waals surface area (Å²) < 4.78 is 0. The van der Waals surface area contributed by atoms with E-state index in [2.05, 4.69) is 82.3 Å². The Kier molecular flexibility index (Phi) is 6.00. The van der Waals surface area contributed by atoms with Gasteiger partial charge in [0.15, 0.2) is 0 Å². The zero-order valence-electron chi connectivity index (χ0n) is 14.4. The molecule has 0 aromatic heterocycles. The first-order valence-corrected chi connectivity index (χ1v) is 8.36. The van der Waals surface area contributed by atoms with Crippen LogP contribution < -0.4 is 10.4 Å². The molecule has 0 heterocycles. The summed E-state index contributed by atoms with van der Waals surface area (Å²) >= 11 is 0. The van der Waals surface area contributed by atoms with Crippen LogP contribution in [0, 0.1) is 5.92 Å². The summed E-state index contributed by atoms with van der Waals surface area (Å²) in [6, 6.07) is 8.84. The molecule has 1 aromatic carbocycles. The van der Waals surface area contributed by atoms with E-state index in [0.717, 1.165) is 19.3 Å². The van der Waals surface area contributed by atoms with Gasteiger partial charge in [-0.05, 0) is 63.3 Å². The lowest BCUT2D eigenvalue weighted by Gasteiger charge is -2.21. The Balaban J connectivity index is 2.42. The Morgan fingerprint density at radius 2 is 1.91 bits per heavy atom. The molecule has 0 N–H and O–H groups in total. The normalized spacial score (nSPS) is 19.3. The second kappa shape index (κ2) is 7.98. The van der Waals surface area contributed by atoms with Crippen LogP contribution in [-0.4, -0.2) is 0 Å². The van der Waals surface area contributed by atoms with Crippen LogP contribution in [0.5, 0.6) is 0 Å². The molecular weight excluding hydrogens is 264 g/mol. The third-order valence-electron chi connectivity index (χ3n) is 4.76. The lowest BCUT2D eigenvalue weighted by molar-refractivity contribution is 0.686. The van der Waals surface area contributed by atoms with E-state index in [0.29, 0.717) is 5.92 Å². The fourth-order valence-corrected chi connectivity index (χ4v) is 3.07. The molecule has 1 aromatic rings. The van der Waals surface area contributed by atoms with Crippen molar-refractivity contribution < 1.29 is 0 Å². The van der Waals surface area contributed by atoms with Crippen LogP contribution in [0.25, 0.3) is 11.6 Å². The second-order valence-electron chi connectivity index (χ2n) is 6.12. The van der Waals surface area contributed by atoms with E-state index in [-0.39, 0.29) is 0 Å². The van der Waals surface area contributed by atoms with E-state index in [9.17, 15) is 0 Å². The zero-order chi connectivity index (χ0) is 15.9. The number of hydrogen-bond donors (Lipinski definition) is 0. The molecule has 0 amide bonds. The summed E-state index contributed by atoms with van der Waals surface area (Å²) in [7, 11) is 0. The van der Waals surface area contributed by atoms with Crippen LogP contribution in [0.2, 0.25) is 0 Å². The first-order valence-electron chi connectivity index (χ1n) is 8.36. The smallest absolute Gasteiger partial charge is 0.0121 e. The molecule has 0 bridgehead atoms. The topological polar surface area (TPSA) is 0 Å². The Morgan fingerprint density at radius 1 is 1.14 bits per heavy atom. The Bertz CT molecular complexity index is 711. The molecule has 22 heavy (non-hydrogen) atoms. The summed E-state index contributed by atoms with van der Waals surface area (Å²) in [5.74, 6) is 0.640. The van der Waals surface area contributed by atoms with Crippen molar-refractivity contribution in [2.75, 3.05) is 0 Å². The third-order valence-corrected chi connectivity index (χ3v) is 4.76. The van der Waals surface area contributed by atoms with E-state index >= 15 is 0 Å². The van der Waals surface area contributed by atoms with E-state index < -0.39 is 0 Å². The van der Waals surface area contributed by atoms with Crippen molar-refractivity contribution >= 4 is 11.6 Å². The van der Waals surface area contributed by atoms with Crippen molar-refractivity contribution in [1.29, 1.82) is 0 Å². The van der Waals surface area contributed by atoms with Gasteiger partial charge in [0, 0.05) is 0 Å². The van der Waals surface area contributed by atoms with Gasteiger partial charge >= 0.3 is 0 Å². The quantitative estimate of drug-likeness (QED) is 0.534. The summed E-state index contributed by atoms with van der Waals surface area (Å²) in [5, 5.41) is 2.86. The van der Waals surface area contributed by atoms with Gasteiger partial charge < -0.3 is 0 Å². The summed E-state index contributed by atoms with van der Waals surface area (Å²) in [6.07, 6.45) is 14.8. The van der Waals surface area contributed by atoms with Crippen molar-refractivity contribution in [3.8, 4) is 0 Å². The van der Waals surface area contributed by atoms with Gasteiger partial charge in [0.1, 0.15) is 0 Å². The summed E-state index contributed by atoms with van der Waals surface area (Å²) in [6.45, 7) is 8.63. The lowest BCUT2D eigenvalue weighted by atomic mass is 9.84. The number of fused-ring (bicyclic) bond motifs is 1. The van der Waals surface area contributed by atoms with Crippen LogP contribution in [0.3, 0.4) is 0 Å². The number of rotatable bonds is 5. The molecule has 0 radical (unpaired) electrons. The Hall–Kier alpha value is -1.82. The van der Waals surface area contributed by atoms with Gasteiger partial charge in [0.25, 0.3) is 0 Å². The zero-order valence-corrected chi connectivity index (χ0v) is 14.4. The maximum Gasteiger partial charge on any atom is -0.0121 e. The average molecular weight is 292 g/mol. The molecule has 2 rings (SSSR count). The van der Waals surface area contributed by atoms with Crippen LogP contribution in [0.15, 0.2) is 59.7 Å². The van der Waals surface area contributed by atoms with Gasteiger partial charge in [0.05, 0.1) is 0 Å². The molecule has 1 aliphatic rings. The highest BCUT2D eigenvalue weighted by Crippen LogP contribution is 2.26. The number of benzene rings is 1. The molecule has 0 nitrogen and oxygen atoms in total. The molecule has 116 valence electrons. The Labute approximate surface area is 135 Å². The van der Waals surface area contributed by atoms with Crippen molar-refractivity contribution in [3.05, 3.63) is 70.2 Å².